The van der Waals surface area contributed by atoms with Crippen LogP contribution in [0.2, 0.25) is 0 Å². The number of hydrogen-bond donors (Lipinski definition) is 1. The van der Waals surface area contributed by atoms with Gasteiger partial charge in [-0.1, -0.05) is 30.3 Å². The highest BCUT2D eigenvalue weighted by Crippen LogP contribution is 2.41. The molecule has 0 saturated carbocycles. The Morgan fingerprint density at radius 2 is 1.86 bits per heavy atom. The first-order chi connectivity index (χ1) is 13.4. The number of carbonyl (C=O) groups is 1. The predicted octanol–water partition coefficient (Wildman–Crippen LogP) is 4.58. The van der Waals surface area contributed by atoms with E-state index in [4.69, 9.17) is 9.15 Å². The van der Waals surface area contributed by atoms with Gasteiger partial charge in [0.2, 0.25) is 0 Å². The first-order valence-corrected chi connectivity index (χ1v) is 10.2. The number of nitrogens with zero attached hydrogens (tertiary/aromatic N) is 1. The maximum Gasteiger partial charge on any atom is 0.407 e. The molecular formula is C23H32N2O3. The zero-order valence-electron chi connectivity index (χ0n) is 17.2. The molecular weight excluding hydrogens is 352 g/mol. The molecule has 1 aromatic carbocycles. The molecule has 0 spiro atoms. The standard InChI is InChI=1S/C23H32N2O3/c1-22(2,3)28-21(26)24-14-8-15-25-16-12-23(13-17-25,20-11-7-18-27-20)19-9-5-4-6-10-19/h4-7,9-11,18H,8,12-17H2,1-3H3,(H,24,26). The Balaban J connectivity index is 1.51. The van der Waals surface area contributed by atoms with E-state index in [2.05, 4.69) is 46.6 Å². The first-order valence-electron chi connectivity index (χ1n) is 10.2. The number of rotatable bonds is 6. The minimum atomic E-state index is -0.455. The molecule has 1 fully saturated rings. The van der Waals surface area contributed by atoms with Crippen LogP contribution in [0.4, 0.5) is 4.79 Å². The minimum absolute atomic E-state index is 0.0456. The number of furan rings is 1. The van der Waals surface area contributed by atoms with Gasteiger partial charge in [0, 0.05) is 6.54 Å². The zero-order valence-corrected chi connectivity index (χ0v) is 17.2. The predicted molar refractivity (Wildman–Crippen MR) is 110 cm³/mol. The number of amides is 1. The molecule has 5 nitrogen and oxygen atoms in total. The van der Waals surface area contributed by atoms with E-state index in [-0.39, 0.29) is 11.5 Å². The smallest absolute Gasteiger partial charge is 0.407 e. The van der Waals surface area contributed by atoms with Gasteiger partial charge in [0.1, 0.15) is 11.4 Å². The molecule has 0 bridgehead atoms. The second kappa shape index (κ2) is 8.82. The highest BCUT2D eigenvalue weighted by molar-refractivity contribution is 5.67. The Morgan fingerprint density at radius 1 is 1.14 bits per heavy atom. The van der Waals surface area contributed by atoms with E-state index in [0.29, 0.717) is 6.54 Å². The van der Waals surface area contributed by atoms with Gasteiger partial charge in [0.15, 0.2) is 0 Å². The molecule has 1 aliphatic rings. The van der Waals surface area contributed by atoms with Crippen LogP contribution in [0.1, 0.15) is 51.4 Å². The van der Waals surface area contributed by atoms with Crippen molar-refractivity contribution in [3.63, 3.8) is 0 Å². The molecule has 1 aliphatic heterocycles. The van der Waals surface area contributed by atoms with Gasteiger partial charge in [-0.2, -0.15) is 0 Å². The molecule has 28 heavy (non-hydrogen) atoms. The minimum Gasteiger partial charge on any atom is -0.468 e. The lowest BCUT2D eigenvalue weighted by atomic mass is 9.71. The third-order valence-electron chi connectivity index (χ3n) is 5.35. The summed E-state index contributed by atoms with van der Waals surface area (Å²) in [6.45, 7) is 9.26. The fourth-order valence-electron chi connectivity index (χ4n) is 3.95. The molecule has 0 aliphatic carbocycles. The van der Waals surface area contributed by atoms with Gasteiger partial charge >= 0.3 is 6.09 Å². The Bertz CT molecular complexity index is 727. The van der Waals surface area contributed by atoms with Gasteiger partial charge in [0.05, 0.1) is 11.7 Å². The molecule has 3 rings (SSSR count). The molecule has 5 heteroatoms. The Labute approximate surface area is 168 Å². The summed E-state index contributed by atoms with van der Waals surface area (Å²) in [7, 11) is 0. The summed E-state index contributed by atoms with van der Waals surface area (Å²) in [5, 5.41) is 2.84. The van der Waals surface area contributed by atoms with Crippen LogP contribution in [0.3, 0.4) is 0 Å². The zero-order chi connectivity index (χ0) is 20.0. The van der Waals surface area contributed by atoms with Crippen molar-refractivity contribution in [3.05, 3.63) is 60.1 Å². The van der Waals surface area contributed by atoms with E-state index >= 15 is 0 Å². The van der Waals surface area contributed by atoms with Gasteiger partial charge in [-0.25, -0.2) is 4.79 Å². The van der Waals surface area contributed by atoms with E-state index in [0.717, 1.165) is 44.7 Å². The van der Waals surface area contributed by atoms with Crippen molar-refractivity contribution in [1.29, 1.82) is 0 Å². The van der Waals surface area contributed by atoms with Crippen LogP contribution in [-0.2, 0) is 10.2 Å². The summed E-state index contributed by atoms with van der Waals surface area (Å²) >= 11 is 0. The normalized spacial score (nSPS) is 17.2. The third-order valence-corrected chi connectivity index (χ3v) is 5.35. The number of carbonyl (C=O) groups excluding carboxylic acids is 1. The summed E-state index contributed by atoms with van der Waals surface area (Å²) in [5.74, 6) is 1.06. The second-order valence-electron chi connectivity index (χ2n) is 8.55. The van der Waals surface area contributed by atoms with Crippen molar-refractivity contribution in [1.82, 2.24) is 10.2 Å². The van der Waals surface area contributed by atoms with Gasteiger partial charge in [0.25, 0.3) is 0 Å². The van der Waals surface area contributed by atoms with E-state index < -0.39 is 5.60 Å². The topological polar surface area (TPSA) is 54.7 Å². The van der Waals surface area contributed by atoms with Crippen LogP contribution in [-0.4, -0.2) is 42.8 Å². The van der Waals surface area contributed by atoms with E-state index in [1.807, 2.05) is 26.8 Å². The summed E-state index contributed by atoms with van der Waals surface area (Å²) in [6, 6.07) is 14.8. The average molecular weight is 385 g/mol. The lowest BCUT2D eigenvalue weighted by Crippen LogP contribution is -2.44. The van der Waals surface area contributed by atoms with Crippen LogP contribution in [0, 0.1) is 0 Å². The van der Waals surface area contributed by atoms with Crippen molar-refractivity contribution in [3.8, 4) is 0 Å². The quantitative estimate of drug-likeness (QED) is 0.741. The fourth-order valence-corrected chi connectivity index (χ4v) is 3.95. The highest BCUT2D eigenvalue weighted by atomic mass is 16.6. The number of likely N-dealkylation sites (tertiary alicyclic amines) is 1. The third kappa shape index (κ3) is 5.16. The molecule has 2 heterocycles. The maximum atomic E-state index is 11.7. The van der Waals surface area contributed by atoms with Crippen LogP contribution in [0.25, 0.3) is 0 Å². The molecule has 0 radical (unpaired) electrons. The Kier molecular flexibility index (Phi) is 6.45. The average Bonchev–Trinajstić information content (AvgIpc) is 3.20. The highest BCUT2D eigenvalue weighted by Gasteiger charge is 2.39. The lowest BCUT2D eigenvalue weighted by molar-refractivity contribution is 0.0524. The SMILES string of the molecule is CC(C)(C)OC(=O)NCCCN1CCC(c2ccccc2)(c2ccco2)CC1. The molecule has 2 aromatic rings. The van der Waals surface area contributed by atoms with E-state index in [1.54, 1.807) is 6.26 Å². The summed E-state index contributed by atoms with van der Waals surface area (Å²) < 4.78 is 11.1. The largest absolute Gasteiger partial charge is 0.468 e. The Morgan fingerprint density at radius 3 is 2.46 bits per heavy atom. The molecule has 1 N–H and O–H groups in total. The van der Waals surface area contributed by atoms with Crippen molar-refractivity contribution < 1.29 is 13.9 Å². The summed E-state index contributed by atoms with van der Waals surface area (Å²) in [4.78, 5) is 14.2. The van der Waals surface area contributed by atoms with Crippen LogP contribution in [0.15, 0.2) is 53.1 Å². The number of ether oxygens (including phenoxy) is 1. The van der Waals surface area contributed by atoms with Crippen molar-refractivity contribution in [2.75, 3.05) is 26.2 Å². The number of alkyl carbamates (subject to hydrolysis) is 1. The lowest BCUT2D eigenvalue weighted by Gasteiger charge is -2.41. The molecule has 0 unspecified atom stereocenters. The van der Waals surface area contributed by atoms with Crippen molar-refractivity contribution >= 4 is 6.09 Å². The molecule has 1 amide bonds. The van der Waals surface area contributed by atoms with E-state index in [9.17, 15) is 4.79 Å². The molecule has 1 saturated heterocycles. The van der Waals surface area contributed by atoms with Crippen LogP contribution >= 0.6 is 0 Å². The molecule has 152 valence electrons. The monoisotopic (exact) mass is 384 g/mol. The van der Waals surface area contributed by atoms with Gasteiger partial charge in [-0.05, 0) is 77.4 Å². The maximum absolute atomic E-state index is 11.7. The number of nitrogens with one attached hydrogen (secondary N) is 1. The fraction of sp³-hybridized carbons (Fsp3) is 0.522. The number of piperidine rings is 1. The Hall–Kier alpha value is -2.27. The first kappa shape index (κ1) is 20.5. The van der Waals surface area contributed by atoms with Crippen molar-refractivity contribution in [2.24, 2.45) is 0 Å². The number of benzene rings is 1. The van der Waals surface area contributed by atoms with E-state index in [1.165, 1.54) is 5.56 Å². The van der Waals surface area contributed by atoms with Gasteiger partial charge in [-0.3, -0.25) is 0 Å². The van der Waals surface area contributed by atoms with Crippen molar-refractivity contribution in [2.45, 2.75) is 51.0 Å². The molecule has 1 aromatic heterocycles. The molecule has 0 atom stereocenters. The second-order valence-corrected chi connectivity index (χ2v) is 8.55. The number of hydrogen-bond acceptors (Lipinski definition) is 4. The van der Waals surface area contributed by atoms with Gasteiger partial charge < -0.3 is 19.4 Å². The van der Waals surface area contributed by atoms with Gasteiger partial charge in [-0.15, -0.1) is 0 Å². The van der Waals surface area contributed by atoms with Crippen LogP contribution < -0.4 is 5.32 Å². The van der Waals surface area contributed by atoms with Crippen LogP contribution in [0.5, 0.6) is 0 Å². The summed E-state index contributed by atoms with van der Waals surface area (Å²) in [6.07, 6.45) is 4.41. The summed E-state index contributed by atoms with van der Waals surface area (Å²) in [5.41, 5.74) is 0.829.